The number of hydrogen-bond donors (Lipinski definition) is 1. The van der Waals surface area contributed by atoms with Crippen molar-refractivity contribution in [3.63, 3.8) is 0 Å². The molecule has 2 nitrogen and oxygen atoms in total. The molecule has 0 radical (unpaired) electrons. The molecule has 1 unspecified atom stereocenters. The van der Waals surface area contributed by atoms with Crippen molar-refractivity contribution in [3.8, 4) is 5.75 Å². The Morgan fingerprint density at radius 1 is 1.39 bits per heavy atom. The second kappa shape index (κ2) is 5.43. The Hall–Kier alpha value is -0.840. The van der Waals surface area contributed by atoms with Gasteiger partial charge < -0.3 is 9.84 Å². The molecule has 0 aliphatic rings. The van der Waals surface area contributed by atoms with Crippen LogP contribution in [-0.4, -0.2) is 12.2 Å². The van der Waals surface area contributed by atoms with Gasteiger partial charge in [0.05, 0.1) is 12.7 Å². The van der Waals surface area contributed by atoms with Gasteiger partial charge in [-0.3, -0.25) is 0 Å². The number of methoxy groups -OCH3 is 1. The first-order valence-electron chi connectivity index (χ1n) is 5.61. The largest absolute Gasteiger partial charge is 0.497 e. The van der Waals surface area contributed by atoms with E-state index in [1.807, 2.05) is 42.6 Å². The Balaban J connectivity index is 2.23. The summed E-state index contributed by atoms with van der Waals surface area (Å²) in [5.74, 6) is 0.764. The zero-order valence-electron chi connectivity index (χ0n) is 10.3. The summed E-state index contributed by atoms with van der Waals surface area (Å²) in [6, 6.07) is 9.61. The van der Waals surface area contributed by atoms with Gasteiger partial charge in [-0.1, -0.05) is 12.1 Å². The van der Waals surface area contributed by atoms with Crippen molar-refractivity contribution < 1.29 is 9.84 Å². The third kappa shape index (κ3) is 3.13. The fourth-order valence-electron chi connectivity index (χ4n) is 1.85. The average molecular weight is 327 g/mol. The van der Waals surface area contributed by atoms with Crippen LogP contribution in [-0.2, 0) is 12.0 Å². The number of halogens is 1. The highest BCUT2D eigenvalue weighted by Crippen LogP contribution is 2.31. The minimum absolute atomic E-state index is 0.594. The van der Waals surface area contributed by atoms with Gasteiger partial charge in [0.25, 0.3) is 0 Å². The number of thiophene rings is 1. The van der Waals surface area contributed by atoms with E-state index in [9.17, 15) is 5.11 Å². The molecule has 1 N–H and O–H groups in total. The van der Waals surface area contributed by atoms with E-state index in [1.54, 1.807) is 18.4 Å². The summed E-state index contributed by atoms with van der Waals surface area (Å²) in [4.78, 5) is 1.15. The molecule has 2 rings (SSSR count). The Morgan fingerprint density at radius 2 is 2.17 bits per heavy atom. The summed E-state index contributed by atoms with van der Waals surface area (Å²) in [6.45, 7) is 1.83. The lowest BCUT2D eigenvalue weighted by atomic mass is 9.92. The highest BCUT2D eigenvalue weighted by atomic mass is 79.9. The summed E-state index contributed by atoms with van der Waals surface area (Å²) in [6.07, 6.45) is 0.594. The molecule has 0 aliphatic heterocycles. The van der Waals surface area contributed by atoms with Crippen LogP contribution in [0.5, 0.6) is 5.75 Å². The third-order valence-corrected chi connectivity index (χ3v) is 4.53. The molecule has 0 aliphatic carbocycles. The molecule has 0 saturated carbocycles. The fourth-order valence-corrected chi connectivity index (χ4v) is 3.45. The second-order valence-electron chi connectivity index (χ2n) is 4.41. The van der Waals surface area contributed by atoms with Crippen LogP contribution >= 0.6 is 27.3 Å². The van der Waals surface area contributed by atoms with E-state index in [-0.39, 0.29) is 0 Å². The predicted octanol–water partition coefficient (Wildman–Crippen LogP) is 3.97. The maximum atomic E-state index is 10.6. The number of hydrogen-bond acceptors (Lipinski definition) is 3. The Morgan fingerprint density at radius 3 is 2.78 bits per heavy atom. The lowest BCUT2D eigenvalue weighted by molar-refractivity contribution is 0.0582. The van der Waals surface area contributed by atoms with Gasteiger partial charge in [0.15, 0.2) is 0 Å². The summed E-state index contributed by atoms with van der Waals surface area (Å²) >= 11 is 5.07. The molecule has 1 aromatic carbocycles. The van der Waals surface area contributed by atoms with E-state index >= 15 is 0 Å². The second-order valence-corrected chi connectivity index (χ2v) is 6.33. The zero-order chi connectivity index (χ0) is 13.2. The van der Waals surface area contributed by atoms with E-state index in [0.29, 0.717) is 6.42 Å². The summed E-state index contributed by atoms with van der Waals surface area (Å²) in [5, 5.41) is 12.6. The summed E-state index contributed by atoms with van der Waals surface area (Å²) < 4.78 is 6.25. The van der Waals surface area contributed by atoms with Gasteiger partial charge in [-0.25, -0.2) is 0 Å². The third-order valence-electron chi connectivity index (χ3n) is 2.83. The van der Waals surface area contributed by atoms with Crippen LogP contribution in [0.3, 0.4) is 0 Å². The topological polar surface area (TPSA) is 29.5 Å². The highest BCUT2D eigenvalue weighted by Gasteiger charge is 2.24. The molecule has 18 heavy (non-hydrogen) atoms. The van der Waals surface area contributed by atoms with Crippen molar-refractivity contribution in [1.29, 1.82) is 0 Å². The lowest BCUT2D eigenvalue weighted by Crippen LogP contribution is -2.23. The number of ether oxygens (including phenoxy) is 1. The van der Waals surface area contributed by atoms with Crippen molar-refractivity contribution in [2.75, 3.05) is 7.11 Å². The molecular weight excluding hydrogens is 312 g/mol. The summed E-state index contributed by atoms with van der Waals surface area (Å²) in [7, 11) is 1.63. The van der Waals surface area contributed by atoms with Crippen LogP contribution < -0.4 is 4.74 Å². The maximum Gasteiger partial charge on any atom is 0.119 e. The van der Waals surface area contributed by atoms with Crippen LogP contribution in [0, 0.1) is 0 Å². The molecule has 0 saturated heterocycles. The van der Waals surface area contributed by atoms with E-state index in [2.05, 4.69) is 15.9 Å². The van der Waals surface area contributed by atoms with Gasteiger partial charge in [-0.2, -0.15) is 0 Å². The van der Waals surface area contributed by atoms with E-state index in [4.69, 9.17) is 4.74 Å². The standard InChI is InChI=1S/C14H15BrO2S/c1-14(16,8-13-7-11(15)9-18-13)10-4-3-5-12(6-10)17-2/h3-7,9,16H,8H2,1-2H3. The molecule has 1 heterocycles. The first kappa shape index (κ1) is 13.6. The van der Waals surface area contributed by atoms with Crippen LogP contribution in [0.1, 0.15) is 17.4 Å². The van der Waals surface area contributed by atoms with E-state index in [0.717, 1.165) is 20.7 Å². The van der Waals surface area contributed by atoms with Crippen LogP contribution in [0.15, 0.2) is 40.2 Å². The first-order valence-corrected chi connectivity index (χ1v) is 7.28. The van der Waals surface area contributed by atoms with Gasteiger partial charge in [0.1, 0.15) is 5.75 Å². The van der Waals surface area contributed by atoms with E-state index in [1.165, 1.54) is 0 Å². The predicted molar refractivity (Wildman–Crippen MR) is 78.3 cm³/mol. The van der Waals surface area contributed by atoms with Crippen molar-refractivity contribution in [1.82, 2.24) is 0 Å². The molecule has 1 aromatic heterocycles. The van der Waals surface area contributed by atoms with E-state index < -0.39 is 5.60 Å². The fraction of sp³-hybridized carbons (Fsp3) is 0.286. The molecule has 2 aromatic rings. The number of aliphatic hydroxyl groups is 1. The minimum Gasteiger partial charge on any atom is -0.497 e. The first-order chi connectivity index (χ1) is 8.51. The highest BCUT2D eigenvalue weighted by molar-refractivity contribution is 9.10. The molecule has 4 heteroatoms. The molecule has 0 amide bonds. The average Bonchev–Trinajstić information content (AvgIpc) is 2.74. The monoisotopic (exact) mass is 326 g/mol. The van der Waals surface area contributed by atoms with Gasteiger partial charge in [-0.15, -0.1) is 11.3 Å². The molecule has 0 fully saturated rings. The number of rotatable bonds is 4. The Labute approximate surface area is 119 Å². The quantitative estimate of drug-likeness (QED) is 0.921. The van der Waals surface area contributed by atoms with Gasteiger partial charge >= 0.3 is 0 Å². The zero-order valence-corrected chi connectivity index (χ0v) is 12.7. The number of benzene rings is 1. The smallest absolute Gasteiger partial charge is 0.119 e. The molecule has 0 bridgehead atoms. The van der Waals surface area contributed by atoms with Crippen molar-refractivity contribution in [3.05, 3.63) is 50.6 Å². The van der Waals surface area contributed by atoms with Crippen LogP contribution in [0.2, 0.25) is 0 Å². The van der Waals surface area contributed by atoms with Gasteiger partial charge in [0.2, 0.25) is 0 Å². The minimum atomic E-state index is -0.890. The molecule has 96 valence electrons. The maximum absolute atomic E-state index is 10.6. The SMILES string of the molecule is COc1cccc(C(C)(O)Cc2cc(Br)cs2)c1. The Kier molecular flexibility index (Phi) is 4.10. The van der Waals surface area contributed by atoms with Gasteiger partial charge in [-0.05, 0) is 46.6 Å². The van der Waals surface area contributed by atoms with Crippen molar-refractivity contribution in [2.45, 2.75) is 18.9 Å². The Bertz CT molecular complexity index is 534. The van der Waals surface area contributed by atoms with Crippen molar-refractivity contribution in [2.24, 2.45) is 0 Å². The molecular formula is C14H15BrO2S. The molecule has 0 spiro atoms. The van der Waals surface area contributed by atoms with Crippen LogP contribution in [0.4, 0.5) is 0 Å². The van der Waals surface area contributed by atoms with Crippen molar-refractivity contribution >= 4 is 27.3 Å². The lowest BCUT2D eigenvalue weighted by Gasteiger charge is -2.23. The summed E-state index contributed by atoms with van der Waals surface area (Å²) in [5.41, 5.74) is -0.0230. The normalized spacial score (nSPS) is 14.2. The van der Waals surface area contributed by atoms with Crippen LogP contribution in [0.25, 0.3) is 0 Å². The molecule has 1 atom stereocenters. The van der Waals surface area contributed by atoms with Gasteiger partial charge in [0, 0.05) is 21.2 Å².